The van der Waals surface area contributed by atoms with E-state index in [1.165, 1.54) is 0 Å². The maximum atomic E-state index is 13.3. The number of hydrogen-bond acceptors (Lipinski definition) is 4. The van der Waals surface area contributed by atoms with Crippen molar-refractivity contribution in [2.45, 2.75) is 65.2 Å². The molecule has 2 heterocycles. The van der Waals surface area contributed by atoms with E-state index >= 15 is 0 Å². The van der Waals surface area contributed by atoms with Gasteiger partial charge in [-0.25, -0.2) is 0 Å². The predicted molar refractivity (Wildman–Crippen MR) is 122 cm³/mol. The summed E-state index contributed by atoms with van der Waals surface area (Å²) in [6.45, 7) is 8.24. The Kier molecular flexibility index (Phi) is 6.53. The molecule has 2 aliphatic heterocycles. The van der Waals surface area contributed by atoms with Crippen molar-refractivity contribution in [2.75, 3.05) is 26.3 Å². The number of rotatable bonds is 2. The molecule has 1 spiro atoms. The lowest BCUT2D eigenvalue weighted by atomic mass is 9.62. The summed E-state index contributed by atoms with van der Waals surface area (Å²) in [6.07, 6.45) is 4.11. The lowest BCUT2D eigenvalue weighted by molar-refractivity contribution is -0.144. The highest BCUT2D eigenvalue weighted by atomic mass is 16.5. The highest BCUT2D eigenvalue weighted by molar-refractivity contribution is 6.10. The average molecular weight is 436 g/mol. The zero-order valence-corrected chi connectivity index (χ0v) is 19.5. The minimum atomic E-state index is -0.664. The highest BCUT2D eigenvalue weighted by Gasteiger charge is 2.48. The summed E-state index contributed by atoms with van der Waals surface area (Å²) in [4.78, 5) is 41.4. The maximum Gasteiger partial charge on any atom is 0.228 e. The minimum absolute atomic E-state index is 0.0298. The van der Waals surface area contributed by atoms with Crippen LogP contribution in [0.15, 0.2) is 12.1 Å². The summed E-state index contributed by atoms with van der Waals surface area (Å²) in [6, 6.07) is 3.95. The van der Waals surface area contributed by atoms with Gasteiger partial charge in [0, 0.05) is 38.1 Å². The summed E-state index contributed by atoms with van der Waals surface area (Å²) >= 11 is 0. The Balaban J connectivity index is 1.46. The molecule has 1 aromatic rings. The van der Waals surface area contributed by atoms with Crippen molar-refractivity contribution in [3.05, 3.63) is 34.4 Å². The summed E-state index contributed by atoms with van der Waals surface area (Å²) in [5, 5.41) is 0. The second-order valence-electron chi connectivity index (χ2n) is 9.86. The van der Waals surface area contributed by atoms with Crippen LogP contribution < -0.4 is 0 Å². The van der Waals surface area contributed by atoms with E-state index in [-0.39, 0.29) is 28.8 Å². The first-order valence-corrected chi connectivity index (χ1v) is 11.8. The van der Waals surface area contributed by atoms with E-state index in [4.69, 9.17) is 4.74 Å². The highest BCUT2D eigenvalue weighted by Crippen LogP contribution is 2.46. The second kappa shape index (κ2) is 9.19. The Bertz CT molecular complexity index is 942. The third kappa shape index (κ3) is 4.38. The van der Waals surface area contributed by atoms with Crippen LogP contribution >= 0.6 is 0 Å². The van der Waals surface area contributed by atoms with Crippen molar-refractivity contribution in [3.63, 3.8) is 0 Å². The van der Waals surface area contributed by atoms with Gasteiger partial charge in [0.05, 0.1) is 12.5 Å². The first-order chi connectivity index (χ1) is 15.3. The van der Waals surface area contributed by atoms with Crippen LogP contribution in [-0.4, -0.2) is 48.7 Å². The molecule has 0 radical (unpaired) electrons. The molecule has 5 heteroatoms. The van der Waals surface area contributed by atoms with Crippen LogP contribution in [0.5, 0.6) is 0 Å². The molecular weight excluding hydrogens is 402 g/mol. The van der Waals surface area contributed by atoms with E-state index in [1.807, 2.05) is 30.9 Å². The average Bonchev–Trinajstić information content (AvgIpc) is 2.76. The summed E-state index contributed by atoms with van der Waals surface area (Å²) < 4.78 is 5.48. The smallest absolute Gasteiger partial charge is 0.228 e. The van der Waals surface area contributed by atoms with E-state index in [9.17, 15) is 14.4 Å². The number of ether oxygens (including phenoxy) is 1. The van der Waals surface area contributed by atoms with Gasteiger partial charge in [-0.05, 0) is 80.7 Å². The molecule has 170 valence electrons. The first kappa shape index (κ1) is 22.7. The van der Waals surface area contributed by atoms with Crippen LogP contribution in [0.3, 0.4) is 0 Å². The van der Waals surface area contributed by atoms with E-state index in [0.717, 1.165) is 54.5 Å². The van der Waals surface area contributed by atoms with Gasteiger partial charge in [-0.1, -0.05) is 5.92 Å². The zero-order valence-electron chi connectivity index (χ0n) is 19.5. The molecular formula is C27H33NO4. The molecule has 1 aromatic carbocycles. The van der Waals surface area contributed by atoms with Crippen molar-refractivity contribution in [3.8, 4) is 11.8 Å². The topological polar surface area (TPSA) is 63.7 Å². The second-order valence-corrected chi connectivity index (χ2v) is 9.86. The largest absolute Gasteiger partial charge is 0.381 e. The summed E-state index contributed by atoms with van der Waals surface area (Å²) in [7, 11) is 0. The number of piperidine rings is 1. The Labute approximate surface area is 190 Å². The van der Waals surface area contributed by atoms with Gasteiger partial charge in [-0.2, -0.15) is 0 Å². The standard InChI is InChI=1S/C27H33NO4/c1-4-6-20-13-18(2)24(19(3)14-20)25-22(29)15-27(16-23(25)30)8-10-28(11-9-27)26(31)21-7-5-12-32-17-21/h13-14,21,25H,5,7-12,15-17H2,1-3H3/t21-/m0/s1. The number of likely N-dealkylation sites (tertiary alicyclic amines) is 1. The van der Waals surface area contributed by atoms with E-state index in [2.05, 4.69) is 11.8 Å². The van der Waals surface area contributed by atoms with Gasteiger partial charge in [-0.15, -0.1) is 5.92 Å². The third-order valence-electron chi connectivity index (χ3n) is 7.54. The van der Waals surface area contributed by atoms with Crippen LogP contribution in [-0.2, 0) is 19.1 Å². The van der Waals surface area contributed by atoms with Crippen LogP contribution in [0.1, 0.15) is 73.6 Å². The molecule has 3 fully saturated rings. The van der Waals surface area contributed by atoms with Gasteiger partial charge in [0.15, 0.2) is 0 Å². The Morgan fingerprint density at radius 2 is 1.72 bits per heavy atom. The van der Waals surface area contributed by atoms with Crippen LogP contribution in [0.4, 0.5) is 0 Å². The van der Waals surface area contributed by atoms with Gasteiger partial charge in [0.2, 0.25) is 5.91 Å². The van der Waals surface area contributed by atoms with E-state index < -0.39 is 5.92 Å². The Morgan fingerprint density at radius 3 is 2.25 bits per heavy atom. The molecule has 3 aliphatic rings. The molecule has 2 saturated heterocycles. The van der Waals surface area contributed by atoms with Gasteiger partial charge in [0.1, 0.15) is 17.5 Å². The maximum absolute atomic E-state index is 13.3. The molecule has 0 aromatic heterocycles. The molecule has 1 atom stereocenters. The van der Waals surface area contributed by atoms with Crippen LogP contribution in [0.25, 0.3) is 0 Å². The SMILES string of the molecule is CC#Cc1cc(C)c(C2C(=O)CC3(CCN(C(=O)[C@H]4CCCOC4)CC3)CC2=O)c(C)c1. The number of benzene rings is 1. The normalized spacial score (nSPS) is 23.7. The van der Waals surface area contributed by atoms with Gasteiger partial charge >= 0.3 is 0 Å². The molecule has 0 unspecified atom stereocenters. The number of ketones is 2. The lowest BCUT2D eigenvalue weighted by Gasteiger charge is -2.45. The molecule has 0 N–H and O–H groups in total. The zero-order chi connectivity index (χ0) is 22.9. The molecule has 1 saturated carbocycles. The molecule has 5 nitrogen and oxygen atoms in total. The molecule has 4 rings (SSSR count). The number of amides is 1. The van der Waals surface area contributed by atoms with E-state index in [1.54, 1.807) is 6.92 Å². The van der Waals surface area contributed by atoms with Crippen LogP contribution in [0, 0.1) is 37.0 Å². The summed E-state index contributed by atoms with van der Waals surface area (Å²) in [5.41, 5.74) is 3.40. The molecule has 0 bridgehead atoms. The van der Waals surface area contributed by atoms with Gasteiger partial charge in [0.25, 0.3) is 0 Å². The quantitative estimate of drug-likeness (QED) is 0.525. The molecule has 32 heavy (non-hydrogen) atoms. The van der Waals surface area contributed by atoms with Crippen molar-refractivity contribution < 1.29 is 19.1 Å². The Hall–Kier alpha value is -2.45. The van der Waals surface area contributed by atoms with Crippen molar-refractivity contribution in [1.82, 2.24) is 4.90 Å². The lowest BCUT2D eigenvalue weighted by Crippen LogP contribution is -2.50. The number of hydrogen-bond donors (Lipinski definition) is 0. The fourth-order valence-corrected chi connectivity index (χ4v) is 5.90. The molecule has 1 amide bonds. The predicted octanol–water partition coefficient (Wildman–Crippen LogP) is 3.73. The van der Waals surface area contributed by atoms with Crippen molar-refractivity contribution in [1.29, 1.82) is 0 Å². The van der Waals surface area contributed by atoms with Crippen molar-refractivity contribution >= 4 is 17.5 Å². The number of carbonyl (C=O) groups is 3. The molecule has 1 aliphatic carbocycles. The Morgan fingerprint density at radius 1 is 1.09 bits per heavy atom. The number of carbonyl (C=O) groups excluding carboxylic acids is 3. The van der Waals surface area contributed by atoms with Crippen LogP contribution in [0.2, 0.25) is 0 Å². The fraction of sp³-hybridized carbons (Fsp3) is 0.593. The number of Topliss-reactive ketones (excluding diaryl/α,β-unsaturated/α-hetero) is 2. The van der Waals surface area contributed by atoms with E-state index in [0.29, 0.717) is 32.5 Å². The first-order valence-electron chi connectivity index (χ1n) is 11.8. The monoisotopic (exact) mass is 435 g/mol. The third-order valence-corrected chi connectivity index (χ3v) is 7.54. The van der Waals surface area contributed by atoms with Crippen molar-refractivity contribution in [2.24, 2.45) is 11.3 Å². The minimum Gasteiger partial charge on any atom is -0.381 e. The summed E-state index contributed by atoms with van der Waals surface area (Å²) in [5.74, 6) is 5.50. The number of nitrogens with zero attached hydrogens (tertiary/aromatic N) is 1. The van der Waals surface area contributed by atoms with Gasteiger partial charge in [-0.3, -0.25) is 14.4 Å². The van der Waals surface area contributed by atoms with Gasteiger partial charge < -0.3 is 9.64 Å². The fourth-order valence-electron chi connectivity index (χ4n) is 5.90. The number of aryl methyl sites for hydroxylation is 2.